The number of aromatic nitrogens is 3. The number of esters is 1. The number of carbonyl (C=O) groups excluding carboxylic acids is 1. The summed E-state index contributed by atoms with van der Waals surface area (Å²) >= 11 is 0. The zero-order valence-electron chi connectivity index (χ0n) is 12.5. The Kier molecular flexibility index (Phi) is 5.05. The molecule has 0 fully saturated rings. The highest BCUT2D eigenvalue weighted by atomic mass is 16.5. The molecule has 0 aliphatic carbocycles. The lowest BCUT2D eigenvalue weighted by atomic mass is 10.0. The lowest BCUT2D eigenvalue weighted by Gasteiger charge is -2.16. The van der Waals surface area contributed by atoms with Crippen LogP contribution in [0.4, 0.5) is 0 Å². The van der Waals surface area contributed by atoms with Crippen molar-refractivity contribution in [2.75, 3.05) is 13.7 Å². The minimum Gasteiger partial charge on any atom is -0.463 e. The summed E-state index contributed by atoms with van der Waals surface area (Å²) in [5.74, 6) is -0.482. The summed E-state index contributed by atoms with van der Waals surface area (Å²) in [6, 6.07) is 8.40. The van der Waals surface area contributed by atoms with Gasteiger partial charge in [-0.05, 0) is 30.7 Å². The quantitative estimate of drug-likeness (QED) is 0.824. The maximum atomic E-state index is 11.3. The molecule has 1 heterocycles. The first kappa shape index (κ1) is 15.2. The maximum Gasteiger partial charge on any atom is 0.377 e. The van der Waals surface area contributed by atoms with E-state index in [9.17, 15) is 4.79 Å². The fourth-order valence-corrected chi connectivity index (χ4v) is 2.18. The number of nitrogens with zero attached hydrogens (tertiary/aromatic N) is 3. The standard InChI is InChI=1S/C15H20N4O2/c1-4-13(16-5-2)11-6-8-12(9-7-11)19-10-17-14(18-19)15(20)21-3/h6-10,13,16H,4-5H2,1-3H3. The second kappa shape index (κ2) is 6.99. The molecular formula is C15H20N4O2. The molecule has 0 saturated carbocycles. The molecule has 0 saturated heterocycles. The fraction of sp³-hybridized carbons (Fsp3) is 0.400. The molecule has 112 valence electrons. The van der Waals surface area contributed by atoms with E-state index in [-0.39, 0.29) is 5.82 Å². The van der Waals surface area contributed by atoms with Gasteiger partial charge in [0, 0.05) is 6.04 Å². The van der Waals surface area contributed by atoms with Crippen LogP contribution < -0.4 is 5.32 Å². The molecule has 1 N–H and O–H groups in total. The highest BCUT2D eigenvalue weighted by Crippen LogP contribution is 2.18. The van der Waals surface area contributed by atoms with E-state index in [1.54, 1.807) is 4.68 Å². The molecule has 0 aliphatic heterocycles. The summed E-state index contributed by atoms with van der Waals surface area (Å²) in [5, 5.41) is 7.54. The lowest BCUT2D eigenvalue weighted by Crippen LogP contribution is -2.19. The summed E-state index contributed by atoms with van der Waals surface area (Å²) in [6.07, 6.45) is 2.53. The third kappa shape index (κ3) is 3.46. The molecule has 2 aromatic rings. The van der Waals surface area contributed by atoms with Crippen molar-refractivity contribution in [1.29, 1.82) is 0 Å². The monoisotopic (exact) mass is 288 g/mol. The van der Waals surface area contributed by atoms with Gasteiger partial charge in [0.25, 0.3) is 5.82 Å². The second-order valence-electron chi connectivity index (χ2n) is 4.61. The van der Waals surface area contributed by atoms with Crippen LogP contribution in [-0.2, 0) is 4.74 Å². The SMILES string of the molecule is CCNC(CC)c1ccc(-n2cnc(C(=O)OC)n2)cc1. The Labute approximate surface area is 124 Å². The topological polar surface area (TPSA) is 69.0 Å². The maximum absolute atomic E-state index is 11.3. The Hall–Kier alpha value is -2.21. The highest BCUT2D eigenvalue weighted by Gasteiger charge is 2.12. The van der Waals surface area contributed by atoms with Gasteiger partial charge in [-0.1, -0.05) is 26.0 Å². The molecular weight excluding hydrogens is 268 g/mol. The van der Waals surface area contributed by atoms with E-state index >= 15 is 0 Å². The Bertz CT molecular complexity index is 592. The Balaban J connectivity index is 2.18. The number of rotatable bonds is 6. The fourth-order valence-electron chi connectivity index (χ4n) is 2.18. The Morgan fingerprint density at radius 3 is 2.62 bits per heavy atom. The first-order valence-corrected chi connectivity index (χ1v) is 7.03. The van der Waals surface area contributed by atoms with E-state index in [0.29, 0.717) is 6.04 Å². The molecule has 0 radical (unpaired) electrons. The smallest absolute Gasteiger partial charge is 0.377 e. The largest absolute Gasteiger partial charge is 0.463 e. The van der Waals surface area contributed by atoms with Gasteiger partial charge in [-0.15, -0.1) is 5.10 Å². The van der Waals surface area contributed by atoms with Crippen LogP contribution in [-0.4, -0.2) is 34.4 Å². The minimum absolute atomic E-state index is 0.0562. The zero-order chi connectivity index (χ0) is 15.2. The molecule has 21 heavy (non-hydrogen) atoms. The highest BCUT2D eigenvalue weighted by molar-refractivity contribution is 5.84. The van der Waals surface area contributed by atoms with E-state index in [4.69, 9.17) is 0 Å². The van der Waals surface area contributed by atoms with Crippen molar-refractivity contribution >= 4 is 5.97 Å². The molecule has 0 amide bonds. The van der Waals surface area contributed by atoms with Crippen LogP contribution in [0.2, 0.25) is 0 Å². The number of benzene rings is 1. The van der Waals surface area contributed by atoms with Crippen molar-refractivity contribution < 1.29 is 9.53 Å². The predicted octanol–water partition coefficient (Wildman–Crippen LogP) is 2.11. The molecule has 1 atom stereocenters. The van der Waals surface area contributed by atoms with Crippen LogP contribution in [0.3, 0.4) is 0 Å². The normalized spacial score (nSPS) is 12.1. The Morgan fingerprint density at radius 2 is 2.05 bits per heavy atom. The van der Waals surface area contributed by atoms with E-state index in [0.717, 1.165) is 18.7 Å². The van der Waals surface area contributed by atoms with Gasteiger partial charge in [0.05, 0.1) is 12.8 Å². The third-order valence-corrected chi connectivity index (χ3v) is 3.28. The summed E-state index contributed by atoms with van der Waals surface area (Å²) in [5.41, 5.74) is 2.09. The van der Waals surface area contributed by atoms with E-state index in [1.807, 2.05) is 12.1 Å². The number of methoxy groups -OCH3 is 1. The number of hydrogen-bond donors (Lipinski definition) is 1. The summed E-state index contributed by atoms with van der Waals surface area (Å²) in [4.78, 5) is 15.3. The van der Waals surface area contributed by atoms with Crippen molar-refractivity contribution in [3.8, 4) is 5.69 Å². The third-order valence-electron chi connectivity index (χ3n) is 3.28. The van der Waals surface area contributed by atoms with Crippen molar-refractivity contribution in [3.63, 3.8) is 0 Å². The van der Waals surface area contributed by atoms with Gasteiger partial charge >= 0.3 is 5.97 Å². The van der Waals surface area contributed by atoms with Crippen molar-refractivity contribution in [2.24, 2.45) is 0 Å². The van der Waals surface area contributed by atoms with Crippen molar-refractivity contribution in [2.45, 2.75) is 26.3 Å². The molecule has 0 spiro atoms. The van der Waals surface area contributed by atoms with Crippen LogP contribution in [0, 0.1) is 0 Å². The van der Waals surface area contributed by atoms with Gasteiger partial charge < -0.3 is 10.1 Å². The first-order valence-electron chi connectivity index (χ1n) is 7.03. The summed E-state index contributed by atoms with van der Waals surface area (Å²) in [7, 11) is 1.31. The average molecular weight is 288 g/mol. The van der Waals surface area contributed by atoms with Crippen molar-refractivity contribution in [1.82, 2.24) is 20.1 Å². The van der Waals surface area contributed by atoms with Crippen LogP contribution in [0.1, 0.15) is 42.5 Å². The van der Waals surface area contributed by atoms with E-state index in [2.05, 4.69) is 46.1 Å². The summed E-state index contributed by atoms with van der Waals surface area (Å²) in [6.45, 7) is 5.19. The van der Waals surface area contributed by atoms with Crippen molar-refractivity contribution in [3.05, 3.63) is 42.0 Å². The van der Waals surface area contributed by atoms with Gasteiger partial charge in [-0.2, -0.15) is 0 Å². The van der Waals surface area contributed by atoms with Gasteiger partial charge in [-0.3, -0.25) is 0 Å². The number of ether oxygens (including phenoxy) is 1. The second-order valence-corrected chi connectivity index (χ2v) is 4.61. The molecule has 0 aliphatic rings. The predicted molar refractivity (Wildman–Crippen MR) is 79.4 cm³/mol. The van der Waals surface area contributed by atoms with Gasteiger partial charge in [0.2, 0.25) is 0 Å². The molecule has 0 bridgehead atoms. The molecule has 1 aromatic heterocycles. The average Bonchev–Trinajstić information content (AvgIpc) is 3.02. The molecule has 2 rings (SSSR count). The minimum atomic E-state index is -0.538. The zero-order valence-corrected chi connectivity index (χ0v) is 12.5. The van der Waals surface area contributed by atoms with Crippen LogP contribution in [0.15, 0.2) is 30.6 Å². The van der Waals surface area contributed by atoms with Crippen LogP contribution >= 0.6 is 0 Å². The molecule has 6 heteroatoms. The molecule has 6 nitrogen and oxygen atoms in total. The molecule has 1 unspecified atom stereocenters. The van der Waals surface area contributed by atoms with E-state index in [1.165, 1.54) is 19.0 Å². The van der Waals surface area contributed by atoms with Crippen LogP contribution in [0.25, 0.3) is 5.69 Å². The lowest BCUT2D eigenvalue weighted by molar-refractivity contribution is 0.0587. The van der Waals surface area contributed by atoms with Gasteiger partial charge in [0.1, 0.15) is 6.33 Å². The Morgan fingerprint density at radius 1 is 1.33 bits per heavy atom. The van der Waals surface area contributed by atoms with Crippen LogP contribution in [0.5, 0.6) is 0 Å². The molecule has 1 aromatic carbocycles. The number of hydrogen-bond acceptors (Lipinski definition) is 5. The van der Waals surface area contributed by atoms with E-state index < -0.39 is 5.97 Å². The number of carbonyl (C=O) groups is 1. The van der Waals surface area contributed by atoms with Gasteiger partial charge in [-0.25, -0.2) is 14.5 Å². The van der Waals surface area contributed by atoms with Gasteiger partial charge in [0.15, 0.2) is 0 Å². The number of nitrogens with one attached hydrogen (secondary N) is 1. The summed E-state index contributed by atoms with van der Waals surface area (Å²) < 4.78 is 6.15. The first-order chi connectivity index (χ1) is 10.2.